The second-order valence-corrected chi connectivity index (χ2v) is 8.09. The number of piperidine rings is 1. The minimum absolute atomic E-state index is 0.0546. The lowest BCUT2D eigenvalue weighted by Gasteiger charge is -2.23. The van der Waals surface area contributed by atoms with Crippen LogP contribution in [0.4, 0.5) is 0 Å². The van der Waals surface area contributed by atoms with Gasteiger partial charge in [0.25, 0.3) is 0 Å². The van der Waals surface area contributed by atoms with Gasteiger partial charge in [0, 0.05) is 25.3 Å². The normalized spacial score (nSPS) is 14.7. The van der Waals surface area contributed by atoms with Gasteiger partial charge >= 0.3 is 0 Å². The molecule has 0 bridgehead atoms. The van der Waals surface area contributed by atoms with Gasteiger partial charge in [-0.1, -0.05) is 59.7 Å². The van der Waals surface area contributed by atoms with E-state index < -0.39 is 0 Å². The van der Waals surface area contributed by atoms with Crippen molar-refractivity contribution in [1.82, 2.24) is 10.6 Å². The molecular formula is C24H28N2O3. The van der Waals surface area contributed by atoms with E-state index in [9.17, 15) is 14.4 Å². The zero-order valence-corrected chi connectivity index (χ0v) is 17.0. The summed E-state index contributed by atoms with van der Waals surface area (Å²) in [6, 6.07) is 16.6. The topological polar surface area (TPSA) is 75.3 Å². The molecule has 1 heterocycles. The fourth-order valence-corrected chi connectivity index (χ4v) is 3.74. The largest absolute Gasteiger partial charge is 0.353 e. The lowest BCUT2D eigenvalue weighted by Crippen LogP contribution is -2.42. The number of hydrogen-bond donors (Lipinski definition) is 2. The molecule has 1 aliphatic rings. The summed E-state index contributed by atoms with van der Waals surface area (Å²) in [4.78, 5) is 35.8. The second-order valence-electron chi connectivity index (χ2n) is 8.09. The molecule has 2 N–H and O–H groups in total. The van der Waals surface area contributed by atoms with Crippen molar-refractivity contribution in [3.05, 3.63) is 70.8 Å². The van der Waals surface area contributed by atoms with Gasteiger partial charge in [0.2, 0.25) is 17.7 Å². The first-order chi connectivity index (χ1) is 13.9. The van der Waals surface area contributed by atoms with Gasteiger partial charge in [0.1, 0.15) is 0 Å². The number of carbonyl (C=O) groups is 3. The minimum atomic E-state index is -0.296. The van der Waals surface area contributed by atoms with Crippen molar-refractivity contribution >= 4 is 17.7 Å². The van der Waals surface area contributed by atoms with Crippen molar-refractivity contribution in [2.45, 2.75) is 52.0 Å². The van der Waals surface area contributed by atoms with Gasteiger partial charge in [0.05, 0.1) is 0 Å². The molecule has 0 aliphatic carbocycles. The Balaban J connectivity index is 1.66. The molecule has 2 aromatic carbocycles. The Kier molecular flexibility index (Phi) is 6.81. The molecule has 1 aliphatic heterocycles. The van der Waals surface area contributed by atoms with E-state index in [4.69, 9.17) is 0 Å². The van der Waals surface area contributed by atoms with Crippen LogP contribution >= 0.6 is 0 Å². The minimum Gasteiger partial charge on any atom is -0.353 e. The van der Waals surface area contributed by atoms with Crippen LogP contribution in [0.5, 0.6) is 0 Å². The van der Waals surface area contributed by atoms with E-state index in [1.54, 1.807) is 0 Å². The number of carbonyl (C=O) groups excluding carboxylic acids is 3. The fourth-order valence-electron chi connectivity index (χ4n) is 3.74. The van der Waals surface area contributed by atoms with Crippen LogP contribution in [0.2, 0.25) is 0 Å². The highest BCUT2D eigenvalue weighted by atomic mass is 16.2. The fraction of sp³-hybridized carbons (Fsp3) is 0.375. The third-order valence-corrected chi connectivity index (χ3v) is 5.27. The maximum atomic E-state index is 12.7. The van der Waals surface area contributed by atoms with Gasteiger partial charge in [-0.15, -0.1) is 0 Å². The Morgan fingerprint density at radius 1 is 0.897 bits per heavy atom. The summed E-state index contributed by atoms with van der Waals surface area (Å²) in [7, 11) is 0. The van der Waals surface area contributed by atoms with Crippen LogP contribution in [-0.4, -0.2) is 23.8 Å². The van der Waals surface area contributed by atoms with Gasteiger partial charge in [-0.2, -0.15) is 0 Å². The van der Waals surface area contributed by atoms with E-state index in [1.165, 1.54) is 22.3 Å². The van der Waals surface area contributed by atoms with Crippen LogP contribution in [0.1, 0.15) is 41.5 Å². The summed E-state index contributed by atoms with van der Waals surface area (Å²) in [5.41, 5.74) is 4.74. The van der Waals surface area contributed by atoms with Gasteiger partial charge < -0.3 is 5.32 Å². The SMILES string of the molecule is Cc1ccc(CC(Cc2ccc(C)cc2)NC(=O)CC2CC(=O)NC(=O)C2)cc1. The molecule has 0 radical (unpaired) electrons. The van der Waals surface area contributed by atoms with E-state index in [-0.39, 0.29) is 48.9 Å². The highest BCUT2D eigenvalue weighted by molar-refractivity contribution is 5.98. The van der Waals surface area contributed by atoms with Crippen molar-refractivity contribution in [3.63, 3.8) is 0 Å². The quantitative estimate of drug-likeness (QED) is 0.711. The molecule has 29 heavy (non-hydrogen) atoms. The standard InChI is InChI=1S/C24H28N2O3/c1-16-3-7-18(8-4-16)11-21(12-19-9-5-17(2)6-10-19)25-22(27)13-20-14-23(28)26-24(29)15-20/h3-10,20-21H,11-15H2,1-2H3,(H,25,27)(H,26,28,29). The van der Waals surface area contributed by atoms with E-state index in [0.29, 0.717) is 0 Å². The predicted molar refractivity (Wildman–Crippen MR) is 112 cm³/mol. The van der Waals surface area contributed by atoms with E-state index in [0.717, 1.165) is 12.8 Å². The van der Waals surface area contributed by atoms with Crippen LogP contribution in [-0.2, 0) is 27.2 Å². The lowest BCUT2D eigenvalue weighted by atomic mass is 9.92. The van der Waals surface area contributed by atoms with E-state index in [1.807, 2.05) is 0 Å². The Hall–Kier alpha value is -2.95. The summed E-state index contributed by atoms with van der Waals surface area (Å²) in [5.74, 6) is -0.929. The first kappa shape index (κ1) is 20.8. The van der Waals surface area contributed by atoms with Crippen LogP contribution in [0.3, 0.4) is 0 Å². The molecule has 1 saturated heterocycles. The Morgan fingerprint density at radius 3 is 1.79 bits per heavy atom. The molecule has 152 valence electrons. The second kappa shape index (κ2) is 9.50. The summed E-state index contributed by atoms with van der Waals surface area (Å²) in [6.45, 7) is 4.11. The maximum Gasteiger partial charge on any atom is 0.226 e. The smallest absolute Gasteiger partial charge is 0.226 e. The van der Waals surface area contributed by atoms with E-state index >= 15 is 0 Å². The summed E-state index contributed by atoms with van der Waals surface area (Å²) in [6.07, 6.45) is 2.09. The number of amides is 3. The monoisotopic (exact) mass is 392 g/mol. The molecule has 0 saturated carbocycles. The molecule has 0 unspecified atom stereocenters. The maximum absolute atomic E-state index is 12.7. The van der Waals surface area contributed by atoms with Gasteiger partial charge in [-0.3, -0.25) is 19.7 Å². The Bertz CT molecular complexity index is 809. The number of nitrogens with one attached hydrogen (secondary N) is 2. The van der Waals surface area contributed by atoms with Crippen LogP contribution < -0.4 is 10.6 Å². The average molecular weight is 392 g/mol. The molecule has 2 aromatic rings. The van der Waals surface area contributed by atoms with E-state index in [2.05, 4.69) is 73.0 Å². The van der Waals surface area contributed by atoms with Gasteiger partial charge in [-0.25, -0.2) is 0 Å². The first-order valence-electron chi connectivity index (χ1n) is 10.1. The molecule has 3 rings (SSSR count). The highest BCUT2D eigenvalue weighted by Crippen LogP contribution is 2.18. The third kappa shape index (κ3) is 6.56. The van der Waals surface area contributed by atoms with Crippen LogP contribution in [0.15, 0.2) is 48.5 Å². The lowest BCUT2D eigenvalue weighted by molar-refractivity contribution is -0.135. The average Bonchev–Trinajstić information content (AvgIpc) is 2.64. The zero-order valence-electron chi connectivity index (χ0n) is 17.0. The molecule has 5 nitrogen and oxygen atoms in total. The summed E-state index contributed by atoms with van der Waals surface area (Å²) in [5, 5.41) is 5.43. The predicted octanol–water partition coefficient (Wildman–Crippen LogP) is 3.02. The molecule has 0 spiro atoms. The number of rotatable bonds is 7. The molecule has 3 amide bonds. The third-order valence-electron chi connectivity index (χ3n) is 5.27. The van der Waals surface area contributed by atoms with Crippen molar-refractivity contribution in [1.29, 1.82) is 0 Å². The summed E-state index contributed by atoms with van der Waals surface area (Å²) >= 11 is 0. The van der Waals surface area contributed by atoms with Gasteiger partial charge in [0.15, 0.2) is 0 Å². The molecular weight excluding hydrogens is 364 g/mol. The zero-order chi connectivity index (χ0) is 20.8. The number of imide groups is 1. The number of aryl methyl sites for hydroxylation is 2. The first-order valence-corrected chi connectivity index (χ1v) is 10.1. The van der Waals surface area contributed by atoms with Crippen LogP contribution in [0.25, 0.3) is 0 Å². The van der Waals surface area contributed by atoms with Crippen molar-refractivity contribution < 1.29 is 14.4 Å². The molecule has 0 atom stereocenters. The number of hydrogen-bond acceptors (Lipinski definition) is 3. The van der Waals surface area contributed by atoms with Gasteiger partial charge in [-0.05, 0) is 43.7 Å². The van der Waals surface area contributed by atoms with Crippen molar-refractivity contribution in [2.24, 2.45) is 5.92 Å². The molecule has 0 aromatic heterocycles. The molecule has 1 fully saturated rings. The van der Waals surface area contributed by atoms with Crippen molar-refractivity contribution in [2.75, 3.05) is 0 Å². The Labute approximate surface area is 171 Å². The summed E-state index contributed by atoms with van der Waals surface area (Å²) < 4.78 is 0. The number of benzene rings is 2. The highest BCUT2D eigenvalue weighted by Gasteiger charge is 2.27. The Morgan fingerprint density at radius 2 is 1.34 bits per heavy atom. The molecule has 5 heteroatoms. The van der Waals surface area contributed by atoms with Crippen molar-refractivity contribution in [3.8, 4) is 0 Å². The van der Waals surface area contributed by atoms with Crippen LogP contribution in [0, 0.1) is 19.8 Å².